The van der Waals surface area contributed by atoms with Crippen LogP contribution in [0.25, 0.3) is 0 Å². The lowest BCUT2D eigenvalue weighted by Gasteiger charge is -2.13. The minimum absolute atomic E-state index is 0.0452. The van der Waals surface area contributed by atoms with Crippen molar-refractivity contribution in [1.82, 2.24) is 0 Å². The van der Waals surface area contributed by atoms with Crippen LogP contribution in [-0.2, 0) is 4.79 Å². The first-order valence-electron chi connectivity index (χ1n) is 4.56. The van der Waals surface area contributed by atoms with E-state index in [-0.39, 0.29) is 6.42 Å². The van der Waals surface area contributed by atoms with Crippen molar-refractivity contribution in [2.45, 2.75) is 12.5 Å². The highest BCUT2D eigenvalue weighted by molar-refractivity contribution is 5.52. The molecule has 0 aliphatic carbocycles. The molecule has 0 amide bonds. The van der Waals surface area contributed by atoms with Crippen molar-refractivity contribution in [3.63, 3.8) is 0 Å². The summed E-state index contributed by atoms with van der Waals surface area (Å²) in [4.78, 5) is 10.3. The predicted molar refractivity (Wildman–Crippen MR) is 55.2 cm³/mol. The minimum atomic E-state index is -0.854. The summed E-state index contributed by atoms with van der Waals surface area (Å²) < 4.78 is 10.1. The highest BCUT2D eigenvalue weighted by Gasteiger charge is 2.13. The lowest BCUT2D eigenvalue weighted by molar-refractivity contribution is -0.109. The van der Waals surface area contributed by atoms with Crippen LogP contribution >= 0.6 is 0 Å². The summed E-state index contributed by atoms with van der Waals surface area (Å²) >= 11 is 0. The number of rotatable bonds is 5. The molecule has 1 atom stereocenters. The molecule has 1 N–H and O–H groups in total. The van der Waals surface area contributed by atoms with Gasteiger partial charge in [0.25, 0.3) is 0 Å². The van der Waals surface area contributed by atoms with Crippen LogP contribution in [0.5, 0.6) is 11.5 Å². The fraction of sp³-hybridized carbons (Fsp3) is 0.364. The van der Waals surface area contributed by atoms with Crippen molar-refractivity contribution in [2.24, 2.45) is 0 Å². The van der Waals surface area contributed by atoms with Crippen molar-refractivity contribution in [3.8, 4) is 11.5 Å². The molecule has 0 saturated carbocycles. The maximum atomic E-state index is 10.3. The third kappa shape index (κ3) is 2.70. The van der Waals surface area contributed by atoms with Crippen LogP contribution in [0.2, 0.25) is 0 Å². The van der Waals surface area contributed by atoms with E-state index in [1.165, 1.54) is 14.2 Å². The molecule has 0 aliphatic rings. The third-order valence-corrected chi connectivity index (χ3v) is 2.12. The molecule has 0 aliphatic heterocycles. The van der Waals surface area contributed by atoms with E-state index >= 15 is 0 Å². The quantitative estimate of drug-likeness (QED) is 0.745. The van der Waals surface area contributed by atoms with Crippen LogP contribution in [0, 0.1) is 0 Å². The Kier molecular flexibility index (Phi) is 4.12. The van der Waals surface area contributed by atoms with Gasteiger partial charge in [-0.25, -0.2) is 0 Å². The van der Waals surface area contributed by atoms with Crippen LogP contribution in [0.3, 0.4) is 0 Å². The fourth-order valence-electron chi connectivity index (χ4n) is 1.32. The molecule has 0 saturated heterocycles. The van der Waals surface area contributed by atoms with Gasteiger partial charge in [0.15, 0.2) is 0 Å². The first-order valence-corrected chi connectivity index (χ1v) is 4.56. The van der Waals surface area contributed by atoms with E-state index in [9.17, 15) is 9.90 Å². The second-order valence-corrected chi connectivity index (χ2v) is 3.03. The Bertz CT molecular complexity index is 335. The number of methoxy groups -OCH3 is 2. The molecule has 1 rings (SSSR count). The first kappa shape index (κ1) is 11.5. The van der Waals surface area contributed by atoms with E-state index in [1.54, 1.807) is 18.2 Å². The van der Waals surface area contributed by atoms with Gasteiger partial charge >= 0.3 is 0 Å². The molecule has 0 radical (unpaired) electrons. The van der Waals surface area contributed by atoms with E-state index in [4.69, 9.17) is 9.47 Å². The number of aliphatic hydroxyl groups excluding tert-OH is 1. The Labute approximate surface area is 88.4 Å². The van der Waals surface area contributed by atoms with Gasteiger partial charge < -0.3 is 19.4 Å². The van der Waals surface area contributed by atoms with Crippen LogP contribution in [0.15, 0.2) is 18.2 Å². The van der Waals surface area contributed by atoms with Gasteiger partial charge in [-0.1, -0.05) is 0 Å². The van der Waals surface area contributed by atoms with Gasteiger partial charge in [-0.05, 0) is 18.2 Å². The highest BCUT2D eigenvalue weighted by atomic mass is 16.5. The van der Waals surface area contributed by atoms with E-state index in [1.807, 2.05) is 0 Å². The molecule has 0 spiro atoms. The van der Waals surface area contributed by atoms with Gasteiger partial charge in [-0.2, -0.15) is 0 Å². The summed E-state index contributed by atoms with van der Waals surface area (Å²) in [5.74, 6) is 1.17. The molecule has 0 aromatic heterocycles. The first-order chi connectivity index (χ1) is 7.22. The maximum Gasteiger partial charge on any atom is 0.124 e. The number of aliphatic hydroxyl groups is 1. The van der Waals surface area contributed by atoms with Crippen LogP contribution in [0.1, 0.15) is 18.1 Å². The number of aldehydes is 1. The SMILES string of the molecule is COc1ccc(OC)c(C(O)CC=O)c1. The van der Waals surface area contributed by atoms with Crippen molar-refractivity contribution in [1.29, 1.82) is 0 Å². The fourth-order valence-corrected chi connectivity index (χ4v) is 1.32. The molecule has 4 nitrogen and oxygen atoms in total. The second-order valence-electron chi connectivity index (χ2n) is 3.03. The lowest BCUT2D eigenvalue weighted by Crippen LogP contribution is -2.01. The number of ether oxygens (including phenoxy) is 2. The summed E-state index contributed by atoms with van der Waals surface area (Å²) in [6.45, 7) is 0. The van der Waals surface area contributed by atoms with Crippen molar-refractivity contribution >= 4 is 6.29 Å². The van der Waals surface area contributed by atoms with Crippen LogP contribution < -0.4 is 9.47 Å². The molecule has 4 heteroatoms. The third-order valence-electron chi connectivity index (χ3n) is 2.12. The second kappa shape index (κ2) is 5.36. The summed E-state index contributed by atoms with van der Waals surface area (Å²) in [5, 5.41) is 9.69. The normalized spacial score (nSPS) is 11.9. The van der Waals surface area contributed by atoms with Gasteiger partial charge in [-0.15, -0.1) is 0 Å². The summed E-state index contributed by atoms with van der Waals surface area (Å²) in [6, 6.07) is 5.09. The Hall–Kier alpha value is -1.55. The molecule has 0 bridgehead atoms. The van der Waals surface area contributed by atoms with Crippen molar-refractivity contribution < 1.29 is 19.4 Å². The summed E-state index contributed by atoms with van der Waals surface area (Å²) in [7, 11) is 3.05. The molecule has 1 aromatic rings. The molecule has 1 aromatic carbocycles. The largest absolute Gasteiger partial charge is 0.497 e. The zero-order valence-electron chi connectivity index (χ0n) is 8.77. The zero-order chi connectivity index (χ0) is 11.3. The zero-order valence-corrected chi connectivity index (χ0v) is 8.77. The van der Waals surface area contributed by atoms with E-state index < -0.39 is 6.10 Å². The molecule has 0 heterocycles. The van der Waals surface area contributed by atoms with E-state index in [0.29, 0.717) is 23.3 Å². The lowest BCUT2D eigenvalue weighted by atomic mass is 10.1. The predicted octanol–water partition coefficient (Wildman–Crippen LogP) is 1.33. The van der Waals surface area contributed by atoms with Crippen LogP contribution in [-0.4, -0.2) is 25.6 Å². The number of hydrogen-bond acceptors (Lipinski definition) is 4. The Morgan fingerprint density at radius 2 is 2.13 bits per heavy atom. The van der Waals surface area contributed by atoms with Crippen molar-refractivity contribution in [3.05, 3.63) is 23.8 Å². The number of hydrogen-bond donors (Lipinski definition) is 1. The molecular formula is C11H14O4. The molecule has 15 heavy (non-hydrogen) atoms. The summed E-state index contributed by atoms with van der Waals surface area (Å²) in [6.07, 6.45) is -0.139. The van der Waals surface area contributed by atoms with E-state index in [2.05, 4.69) is 0 Å². The maximum absolute atomic E-state index is 10.3. The average Bonchev–Trinajstić information content (AvgIpc) is 2.28. The Morgan fingerprint density at radius 1 is 1.40 bits per heavy atom. The number of carbonyl (C=O) groups is 1. The molecule has 82 valence electrons. The topological polar surface area (TPSA) is 55.8 Å². The van der Waals surface area contributed by atoms with Crippen LogP contribution in [0.4, 0.5) is 0 Å². The van der Waals surface area contributed by atoms with Crippen molar-refractivity contribution in [2.75, 3.05) is 14.2 Å². The van der Waals surface area contributed by atoms with Gasteiger partial charge in [-0.3, -0.25) is 0 Å². The molecular weight excluding hydrogens is 196 g/mol. The summed E-state index contributed by atoms with van der Waals surface area (Å²) in [5.41, 5.74) is 0.559. The average molecular weight is 210 g/mol. The minimum Gasteiger partial charge on any atom is -0.497 e. The van der Waals surface area contributed by atoms with Gasteiger partial charge in [0.1, 0.15) is 17.8 Å². The number of benzene rings is 1. The standard InChI is InChI=1S/C11H14O4/c1-14-8-3-4-11(15-2)9(7-8)10(13)5-6-12/h3-4,6-7,10,13H,5H2,1-2H3. The van der Waals surface area contributed by atoms with Gasteiger partial charge in [0, 0.05) is 12.0 Å². The van der Waals surface area contributed by atoms with Gasteiger partial charge in [0.2, 0.25) is 0 Å². The van der Waals surface area contributed by atoms with Gasteiger partial charge in [0.05, 0.1) is 20.3 Å². The smallest absolute Gasteiger partial charge is 0.124 e. The monoisotopic (exact) mass is 210 g/mol. The molecule has 0 fully saturated rings. The number of carbonyl (C=O) groups excluding carboxylic acids is 1. The Balaban J connectivity index is 3.04. The molecule has 1 unspecified atom stereocenters. The Morgan fingerprint density at radius 3 is 2.67 bits per heavy atom. The van der Waals surface area contributed by atoms with E-state index in [0.717, 1.165) is 0 Å². The highest BCUT2D eigenvalue weighted by Crippen LogP contribution is 2.30.